The van der Waals surface area contributed by atoms with Crippen LogP contribution in [0.5, 0.6) is 0 Å². The molecule has 144 valence electrons. The lowest BCUT2D eigenvalue weighted by Crippen LogP contribution is -2.35. The van der Waals surface area contributed by atoms with Gasteiger partial charge < -0.3 is 5.32 Å². The standard InChI is InChI=1S/C18H17Cl3N2O3S/c19-14-7-5-13(11-16(14)21)22-18(24)12-4-6-15(20)17(10-12)27(25,26)23-8-2-1-3-9-23/h4-7,10-11H,1-3,8-9H2,(H,22,24). The van der Waals surface area contributed by atoms with E-state index in [1.807, 2.05) is 0 Å². The van der Waals surface area contributed by atoms with Gasteiger partial charge in [-0.2, -0.15) is 4.31 Å². The van der Waals surface area contributed by atoms with Gasteiger partial charge in [-0.3, -0.25) is 4.79 Å². The smallest absolute Gasteiger partial charge is 0.255 e. The summed E-state index contributed by atoms with van der Waals surface area (Å²) in [6.07, 6.45) is 2.63. The molecule has 0 saturated carbocycles. The Morgan fingerprint density at radius 3 is 2.22 bits per heavy atom. The van der Waals surface area contributed by atoms with Crippen LogP contribution in [-0.4, -0.2) is 31.7 Å². The molecule has 27 heavy (non-hydrogen) atoms. The lowest BCUT2D eigenvalue weighted by molar-refractivity contribution is 0.102. The fourth-order valence-electron chi connectivity index (χ4n) is 2.86. The number of benzene rings is 2. The number of nitrogens with one attached hydrogen (secondary N) is 1. The van der Waals surface area contributed by atoms with Crippen molar-refractivity contribution in [2.75, 3.05) is 18.4 Å². The van der Waals surface area contributed by atoms with Crippen LogP contribution in [0.1, 0.15) is 29.6 Å². The third kappa shape index (κ3) is 4.58. The summed E-state index contributed by atoms with van der Waals surface area (Å²) in [5.41, 5.74) is 0.630. The Morgan fingerprint density at radius 1 is 0.889 bits per heavy atom. The molecule has 2 aromatic rings. The number of hydrogen-bond acceptors (Lipinski definition) is 3. The molecule has 1 amide bonds. The van der Waals surface area contributed by atoms with Crippen LogP contribution in [0.2, 0.25) is 15.1 Å². The van der Waals surface area contributed by atoms with E-state index in [0.717, 1.165) is 19.3 Å². The van der Waals surface area contributed by atoms with Gasteiger partial charge in [0.25, 0.3) is 5.91 Å². The van der Waals surface area contributed by atoms with Gasteiger partial charge in [-0.25, -0.2) is 8.42 Å². The van der Waals surface area contributed by atoms with Crippen LogP contribution in [0.15, 0.2) is 41.3 Å². The molecule has 2 aromatic carbocycles. The Balaban J connectivity index is 1.88. The molecule has 1 saturated heterocycles. The van der Waals surface area contributed by atoms with Crippen LogP contribution in [0.3, 0.4) is 0 Å². The van der Waals surface area contributed by atoms with Gasteiger partial charge >= 0.3 is 0 Å². The summed E-state index contributed by atoms with van der Waals surface area (Å²) in [6, 6.07) is 8.88. The minimum atomic E-state index is -3.75. The summed E-state index contributed by atoms with van der Waals surface area (Å²) >= 11 is 17.9. The summed E-state index contributed by atoms with van der Waals surface area (Å²) in [5.74, 6) is -0.472. The Hall–Kier alpha value is -1.31. The molecule has 0 radical (unpaired) electrons. The van der Waals surface area contributed by atoms with Crippen LogP contribution >= 0.6 is 34.8 Å². The minimum absolute atomic E-state index is 0.0622. The predicted octanol–water partition coefficient (Wildman–Crippen LogP) is 5.07. The fourth-order valence-corrected chi connectivity index (χ4v) is 5.18. The first-order valence-corrected chi connectivity index (χ1v) is 10.9. The van der Waals surface area contributed by atoms with Gasteiger partial charge in [0.15, 0.2) is 0 Å². The van der Waals surface area contributed by atoms with E-state index in [4.69, 9.17) is 34.8 Å². The maximum atomic E-state index is 12.9. The molecule has 9 heteroatoms. The second-order valence-electron chi connectivity index (χ2n) is 6.19. The number of piperidine rings is 1. The Bertz CT molecular complexity index is 974. The van der Waals surface area contributed by atoms with Gasteiger partial charge in [0.1, 0.15) is 4.90 Å². The van der Waals surface area contributed by atoms with Gasteiger partial charge in [-0.05, 0) is 49.2 Å². The number of nitrogens with zero attached hydrogens (tertiary/aromatic N) is 1. The van der Waals surface area contributed by atoms with E-state index in [0.29, 0.717) is 28.8 Å². The highest BCUT2D eigenvalue weighted by atomic mass is 35.5. The van der Waals surface area contributed by atoms with E-state index < -0.39 is 15.9 Å². The molecule has 0 unspecified atom stereocenters. The first kappa shape index (κ1) is 20.4. The third-order valence-corrected chi connectivity index (χ3v) is 7.42. The molecule has 1 fully saturated rings. The van der Waals surface area contributed by atoms with Crippen molar-refractivity contribution in [3.8, 4) is 0 Å². The molecule has 0 aliphatic carbocycles. The minimum Gasteiger partial charge on any atom is -0.322 e. The van der Waals surface area contributed by atoms with Crippen molar-refractivity contribution < 1.29 is 13.2 Å². The topological polar surface area (TPSA) is 66.5 Å². The number of amides is 1. The van der Waals surface area contributed by atoms with Crippen LogP contribution in [0, 0.1) is 0 Å². The van der Waals surface area contributed by atoms with Crippen molar-refractivity contribution in [1.29, 1.82) is 0 Å². The highest BCUT2D eigenvalue weighted by molar-refractivity contribution is 7.89. The Morgan fingerprint density at radius 2 is 1.56 bits per heavy atom. The summed E-state index contributed by atoms with van der Waals surface area (Å²) in [6.45, 7) is 0.913. The van der Waals surface area contributed by atoms with Crippen molar-refractivity contribution in [2.24, 2.45) is 0 Å². The van der Waals surface area contributed by atoms with Gasteiger partial charge in [0.2, 0.25) is 10.0 Å². The molecule has 5 nitrogen and oxygen atoms in total. The zero-order valence-electron chi connectivity index (χ0n) is 14.2. The van der Waals surface area contributed by atoms with Crippen LogP contribution < -0.4 is 5.32 Å². The zero-order chi connectivity index (χ0) is 19.6. The number of anilines is 1. The maximum Gasteiger partial charge on any atom is 0.255 e. The van der Waals surface area contributed by atoms with Crippen molar-refractivity contribution >= 4 is 56.4 Å². The Kier molecular flexibility index (Phi) is 6.33. The molecule has 1 aliphatic heterocycles. The highest BCUT2D eigenvalue weighted by Crippen LogP contribution is 2.29. The lowest BCUT2D eigenvalue weighted by Gasteiger charge is -2.26. The fraction of sp³-hybridized carbons (Fsp3) is 0.278. The van der Waals surface area contributed by atoms with E-state index in [1.54, 1.807) is 12.1 Å². The first-order valence-electron chi connectivity index (χ1n) is 8.35. The summed E-state index contributed by atoms with van der Waals surface area (Å²) in [5, 5.41) is 3.44. The number of rotatable bonds is 4. The van der Waals surface area contributed by atoms with Crippen molar-refractivity contribution in [2.45, 2.75) is 24.2 Å². The molecule has 1 aliphatic rings. The molecule has 3 rings (SSSR count). The van der Waals surface area contributed by atoms with Crippen LogP contribution in [-0.2, 0) is 10.0 Å². The van der Waals surface area contributed by atoms with Crippen molar-refractivity contribution in [3.05, 3.63) is 57.0 Å². The van der Waals surface area contributed by atoms with Gasteiger partial charge in [-0.15, -0.1) is 0 Å². The summed E-state index contributed by atoms with van der Waals surface area (Å²) < 4.78 is 27.2. The number of hydrogen-bond donors (Lipinski definition) is 1. The lowest BCUT2D eigenvalue weighted by atomic mass is 10.2. The highest BCUT2D eigenvalue weighted by Gasteiger charge is 2.28. The number of carbonyl (C=O) groups is 1. The SMILES string of the molecule is O=C(Nc1ccc(Cl)c(Cl)c1)c1ccc(Cl)c(S(=O)(=O)N2CCCCC2)c1. The molecule has 0 bridgehead atoms. The van der Waals surface area contributed by atoms with Crippen LogP contribution in [0.4, 0.5) is 5.69 Å². The molecule has 0 aromatic heterocycles. The normalized spacial score (nSPS) is 15.5. The van der Waals surface area contributed by atoms with E-state index >= 15 is 0 Å². The van der Waals surface area contributed by atoms with E-state index in [2.05, 4.69) is 5.32 Å². The summed E-state index contributed by atoms with van der Waals surface area (Å²) in [7, 11) is -3.75. The average Bonchev–Trinajstić information content (AvgIpc) is 2.65. The number of sulfonamides is 1. The molecule has 1 N–H and O–H groups in total. The second kappa shape index (κ2) is 8.37. The molecular weight excluding hydrogens is 431 g/mol. The summed E-state index contributed by atoms with van der Waals surface area (Å²) in [4.78, 5) is 12.5. The van der Waals surface area contributed by atoms with Gasteiger partial charge in [0.05, 0.1) is 15.1 Å². The van der Waals surface area contributed by atoms with E-state index in [1.165, 1.54) is 28.6 Å². The van der Waals surface area contributed by atoms with E-state index in [-0.39, 0.29) is 15.5 Å². The molecule has 1 heterocycles. The van der Waals surface area contributed by atoms with Crippen molar-refractivity contribution in [3.63, 3.8) is 0 Å². The van der Waals surface area contributed by atoms with Gasteiger partial charge in [-0.1, -0.05) is 41.2 Å². The van der Waals surface area contributed by atoms with Gasteiger partial charge in [0, 0.05) is 24.3 Å². The molecule has 0 spiro atoms. The number of carbonyl (C=O) groups excluding carboxylic acids is 1. The average molecular weight is 448 g/mol. The van der Waals surface area contributed by atoms with Crippen molar-refractivity contribution in [1.82, 2.24) is 4.31 Å². The van der Waals surface area contributed by atoms with Crippen LogP contribution in [0.25, 0.3) is 0 Å². The Labute approximate surface area is 173 Å². The predicted molar refractivity (Wildman–Crippen MR) is 108 cm³/mol. The third-order valence-electron chi connectivity index (χ3n) is 4.30. The van der Waals surface area contributed by atoms with E-state index in [9.17, 15) is 13.2 Å². The largest absolute Gasteiger partial charge is 0.322 e. The second-order valence-corrected chi connectivity index (χ2v) is 9.32. The molecular formula is C18H17Cl3N2O3S. The maximum absolute atomic E-state index is 12.9. The monoisotopic (exact) mass is 446 g/mol. The first-order chi connectivity index (χ1) is 12.8. The zero-order valence-corrected chi connectivity index (χ0v) is 17.3. The quantitative estimate of drug-likeness (QED) is 0.711. The number of halogens is 3. The molecule has 0 atom stereocenters.